The molecule has 2 rings (SSSR count). The van der Waals surface area contributed by atoms with Crippen molar-refractivity contribution in [2.24, 2.45) is 0 Å². The third kappa shape index (κ3) is 4.43. The molecule has 1 aliphatic carbocycles. The molecule has 0 aliphatic heterocycles. The molecule has 1 aliphatic rings. The molecule has 1 aromatic heterocycles. The average Bonchev–Trinajstić information content (AvgIpc) is 2.85. The fourth-order valence-electron chi connectivity index (χ4n) is 2.40. The smallest absolute Gasteiger partial charge is 0.147 e. The molecule has 1 fully saturated rings. The van der Waals surface area contributed by atoms with Crippen LogP contribution in [0, 0.1) is 0 Å². The summed E-state index contributed by atoms with van der Waals surface area (Å²) >= 11 is 3.68. The summed E-state index contributed by atoms with van der Waals surface area (Å²) in [4.78, 5) is 14.6. The minimum atomic E-state index is 0.398. The van der Waals surface area contributed by atoms with Crippen LogP contribution >= 0.6 is 23.1 Å². The lowest BCUT2D eigenvalue weighted by molar-refractivity contribution is -0.115. The Labute approximate surface area is 118 Å². The van der Waals surface area contributed by atoms with Gasteiger partial charge in [-0.2, -0.15) is 11.8 Å². The third-order valence-corrected chi connectivity index (χ3v) is 6.13. The Balaban J connectivity index is 1.71. The molecule has 0 aromatic carbocycles. The molecular weight excluding hydrogens is 260 g/mol. The van der Waals surface area contributed by atoms with Gasteiger partial charge in [0.25, 0.3) is 0 Å². The number of ketones is 1. The Hall–Kier alpha value is -0.280. The van der Waals surface area contributed by atoms with Crippen LogP contribution in [-0.2, 0) is 17.6 Å². The van der Waals surface area contributed by atoms with Crippen molar-refractivity contribution in [3.05, 3.63) is 21.9 Å². The summed E-state index contributed by atoms with van der Waals surface area (Å²) in [6.45, 7) is 2.16. The number of rotatable bonds is 6. The van der Waals surface area contributed by atoms with Crippen molar-refractivity contribution in [2.75, 3.05) is 5.75 Å². The summed E-state index contributed by atoms with van der Waals surface area (Å²) in [6.07, 6.45) is 8.46. The van der Waals surface area contributed by atoms with Gasteiger partial charge in [0.1, 0.15) is 5.78 Å². The zero-order chi connectivity index (χ0) is 12.8. The summed E-state index contributed by atoms with van der Waals surface area (Å²) in [5, 5.41) is 0.747. The van der Waals surface area contributed by atoms with Gasteiger partial charge < -0.3 is 0 Å². The minimum Gasteiger partial charge on any atom is -0.298 e. The van der Waals surface area contributed by atoms with Gasteiger partial charge in [-0.1, -0.05) is 26.2 Å². The van der Waals surface area contributed by atoms with Crippen LogP contribution in [0.1, 0.15) is 48.8 Å². The predicted molar refractivity (Wildman–Crippen MR) is 81.7 cm³/mol. The second-order valence-electron chi connectivity index (χ2n) is 5.01. The predicted octanol–water partition coefficient (Wildman–Crippen LogP) is 4.49. The van der Waals surface area contributed by atoms with E-state index < -0.39 is 0 Å². The molecule has 1 saturated carbocycles. The largest absolute Gasteiger partial charge is 0.298 e. The molecule has 0 amide bonds. The number of carbonyl (C=O) groups excluding carboxylic acids is 1. The highest BCUT2D eigenvalue weighted by atomic mass is 32.2. The van der Waals surface area contributed by atoms with Crippen molar-refractivity contribution < 1.29 is 4.79 Å². The summed E-state index contributed by atoms with van der Waals surface area (Å²) < 4.78 is 0. The topological polar surface area (TPSA) is 17.1 Å². The second kappa shape index (κ2) is 7.34. The van der Waals surface area contributed by atoms with Crippen LogP contribution in [-0.4, -0.2) is 16.8 Å². The number of carbonyl (C=O) groups is 1. The molecule has 1 aromatic rings. The molecule has 0 N–H and O–H groups in total. The van der Waals surface area contributed by atoms with Crippen LogP contribution in [0.5, 0.6) is 0 Å². The quantitative estimate of drug-likeness (QED) is 0.765. The Morgan fingerprint density at radius 2 is 2.00 bits per heavy atom. The summed E-state index contributed by atoms with van der Waals surface area (Å²) in [6, 6.07) is 4.27. The van der Waals surface area contributed by atoms with Crippen molar-refractivity contribution >= 4 is 28.9 Å². The zero-order valence-electron chi connectivity index (χ0n) is 11.1. The van der Waals surface area contributed by atoms with E-state index >= 15 is 0 Å². The van der Waals surface area contributed by atoms with Gasteiger partial charge in [-0.3, -0.25) is 4.79 Å². The molecule has 0 saturated heterocycles. The van der Waals surface area contributed by atoms with Crippen molar-refractivity contribution in [2.45, 2.75) is 57.1 Å². The maximum Gasteiger partial charge on any atom is 0.147 e. The van der Waals surface area contributed by atoms with Crippen molar-refractivity contribution in [1.82, 2.24) is 0 Å². The first-order valence-electron chi connectivity index (χ1n) is 6.99. The van der Waals surface area contributed by atoms with Crippen LogP contribution < -0.4 is 0 Å². The molecule has 0 unspecified atom stereocenters. The maximum atomic E-state index is 11.9. The zero-order valence-corrected chi connectivity index (χ0v) is 12.7. The Kier molecular flexibility index (Phi) is 5.77. The van der Waals surface area contributed by atoms with Gasteiger partial charge >= 0.3 is 0 Å². The van der Waals surface area contributed by atoms with E-state index in [1.165, 1.54) is 41.9 Å². The SMILES string of the molecule is CCc1ccc(CC(=O)CSC2CCCCC2)s1. The van der Waals surface area contributed by atoms with E-state index in [4.69, 9.17) is 0 Å². The number of hydrogen-bond acceptors (Lipinski definition) is 3. The van der Waals surface area contributed by atoms with E-state index in [2.05, 4.69) is 19.1 Å². The minimum absolute atomic E-state index is 0.398. The lowest BCUT2D eigenvalue weighted by Gasteiger charge is -2.20. The highest BCUT2D eigenvalue weighted by molar-refractivity contribution is 8.00. The van der Waals surface area contributed by atoms with Gasteiger partial charge in [0.05, 0.1) is 5.75 Å². The Morgan fingerprint density at radius 3 is 2.67 bits per heavy atom. The van der Waals surface area contributed by atoms with Crippen LogP contribution in [0.4, 0.5) is 0 Å². The molecule has 3 heteroatoms. The molecule has 100 valence electrons. The van der Waals surface area contributed by atoms with Crippen LogP contribution in [0.15, 0.2) is 12.1 Å². The van der Waals surface area contributed by atoms with Gasteiger partial charge in [-0.25, -0.2) is 0 Å². The first-order valence-corrected chi connectivity index (χ1v) is 8.85. The maximum absolute atomic E-state index is 11.9. The standard InChI is InChI=1S/C15H22OS2/c1-2-13-8-9-15(18-13)10-12(16)11-17-14-6-4-3-5-7-14/h8-9,14H,2-7,10-11H2,1H3. The second-order valence-corrected chi connectivity index (χ2v) is 7.55. The highest BCUT2D eigenvalue weighted by Crippen LogP contribution is 2.28. The molecular formula is C15H22OS2. The lowest BCUT2D eigenvalue weighted by atomic mass is 10.0. The Bertz CT molecular complexity index is 378. The van der Waals surface area contributed by atoms with Gasteiger partial charge in [-0.15, -0.1) is 11.3 Å². The van der Waals surface area contributed by atoms with Gasteiger partial charge in [0, 0.05) is 21.4 Å². The molecule has 0 spiro atoms. The van der Waals surface area contributed by atoms with Crippen LogP contribution in [0.3, 0.4) is 0 Å². The van der Waals surface area contributed by atoms with E-state index in [1.54, 1.807) is 11.3 Å². The number of hydrogen-bond donors (Lipinski definition) is 0. The van der Waals surface area contributed by atoms with E-state index in [9.17, 15) is 4.79 Å². The van der Waals surface area contributed by atoms with Crippen LogP contribution in [0.25, 0.3) is 0 Å². The van der Waals surface area contributed by atoms with Crippen molar-refractivity contribution in [3.63, 3.8) is 0 Å². The first-order chi connectivity index (χ1) is 8.78. The number of thioether (sulfide) groups is 1. The molecule has 18 heavy (non-hydrogen) atoms. The first kappa shape index (κ1) is 14.1. The number of thiophene rings is 1. The van der Waals surface area contributed by atoms with Crippen molar-refractivity contribution in [3.8, 4) is 0 Å². The highest BCUT2D eigenvalue weighted by Gasteiger charge is 2.15. The van der Waals surface area contributed by atoms with Crippen LogP contribution in [0.2, 0.25) is 0 Å². The lowest BCUT2D eigenvalue weighted by Crippen LogP contribution is -2.13. The number of aryl methyl sites for hydroxylation is 1. The van der Waals surface area contributed by atoms with Gasteiger partial charge in [0.2, 0.25) is 0 Å². The number of Topliss-reactive ketones (excluding diaryl/α,β-unsaturated/α-hetero) is 1. The fourth-order valence-corrected chi connectivity index (χ4v) is 4.57. The normalized spacial score (nSPS) is 16.9. The molecule has 0 bridgehead atoms. The summed E-state index contributed by atoms with van der Waals surface area (Å²) in [5.74, 6) is 1.11. The van der Waals surface area contributed by atoms with Gasteiger partial charge in [-0.05, 0) is 31.4 Å². The molecule has 1 heterocycles. The third-order valence-electron chi connectivity index (χ3n) is 3.47. The molecule has 1 nitrogen and oxygen atoms in total. The van der Waals surface area contributed by atoms with E-state index in [0.29, 0.717) is 18.0 Å². The van der Waals surface area contributed by atoms with Gasteiger partial charge in [0.15, 0.2) is 0 Å². The molecule has 0 atom stereocenters. The van der Waals surface area contributed by atoms with Crippen molar-refractivity contribution in [1.29, 1.82) is 0 Å². The fraction of sp³-hybridized carbons (Fsp3) is 0.667. The van der Waals surface area contributed by atoms with E-state index in [-0.39, 0.29) is 0 Å². The molecule has 0 radical (unpaired) electrons. The monoisotopic (exact) mass is 282 g/mol. The summed E-state index contributed by atoms with van der Waals surface area (Å²) in [5.41, 5.74) is 0. The van der Waals surface area contributed by atoms with E-state index in [0.717, 1.165) is 11.7 Å². The van der Waals surface area contributed by atoms with E-state index in [1.807, 2.05) is 11.8 Å². The summed E-state index contributed by atoms with van der Waals surface area (Å²) in [7, 11) is 0. The Morgan fingerprint density at radius 1 is 1.28 bits per heavy atom. The average molecular weight is 282 g/mol.